The highest BCUT2D eigenvalue weighted by molar-refractivity contribution is 6.32. The van der Waals surface area contributed by atoms with E-state index >= 15 is 0 Å². The number of hydrogen-bond donors (Lipinski definition) is 0. The number of hydrogen-bond acceptors (Lipinski definition) is 4. The molecule has 144 valence electrons. The maximum atomic E-state index is 13.1. The summed E-state index contributed by atoms with van der Waals surface area (Å²) in [6.07, 6.45) is 1.64. The SMILES string of the molecule is CC(=O)c1ccc(-c2ccc(/C=C3/C(=O)N(c4ccc(F)cc4)N=C3C)o2)cc1. The van der Waals surface area contributed by atoms with E-state index in [4.69, 9.17) is 4.42 Å². The van der Waals surface area contributed by atoms with Crippen molar-refractivity contribution in [2.45, 2.75) is 13.8 Å². The molecule has 2 heterocycles. The molecule has 4 rings (SSSR count). The third-order valence-electron chi connectivity index (χ3n) is 4.62. The lowest BCUT2D eigenvalue weighted by Crippen LogP contribution is -2.21. The summed E-state index contributed by atoms with van der Waals surface area (Å²) in [5, 5.41) is 5.52. The Morgan fingerprint density at radius 2 is 1.72 bits per heavy atom. The van der Waals surface area contributed by atoms with Crippen LogP contribution < -0.4 is 5.01 Å². The van der Waals surface area contributed by atoms with Crippen LogP contribution in [-0.4, -0.2) is 17.4 Å². The number of nitrogens with zero attached hydrogens (tertiary/aromatic N) is 2. The molecule has 6 heteroatoms. The predicted molar refractivity (Wildman–Crippen MR) is 109 cm³/mol. The topological polar surface area (TPSA) is 62.9 Å². The van der Waals surface area contributed by atoms with Crippen LogP contribution in [-0.2, 0) is 4.79 Å². The van der Waals surface area contributed by atoms with Crippen LogP contribution in [0.1, 0.15) is 30.0 Å². The van der Waals surface area contributed by atoms with Gasteiger partial charge in [0.1, 0.15) is 17.3 Å². The minimum Gasteiger partial charge on any atom is -0.457 e. The molecule has 0 N–H and O–H groups in total. The van der Waals surface area contributed by atoms with Crippen molar-refractivity contribution in [3.8, 4) is 11.3 Å². The highest BCUT2D eigenvalue weighted by Gasteiger charge is 2.29. The lowest BCUT2D eigenvalue weighted by atomic mass is 10.1. The van der Waals surface area contributed by atoms with Crippen molar-refractivity contribution in [2.24, 2.45) is 5.10 Å². The average Bonchev–Trinajstić information content (AvgIpc) is 3.29. The van der Waals surface area contributed by atoms with Gasteiger partial charge in [-0.05, 0) is 56.3 Å². The van der Waals surface area contributed by atoms with Crippen molar-refractivity contribution in [3.05, 3.63) is 83.4 Å². The van der Waals surface area contributed by atoms with Crippen molar-refractivity contribution in [1.29, 1.82) is 0 Å². The Hall–Kier alpha value is -3.80. The molecule has 0 saturated carbocycles. The molecule has 0 aliphatic carbocycles. The third-order valence-corrected chi connectivity index (χ3v) is 4.62. The smallest absolute Gasteiger partial charge is 0.280 e. The zero-order valence-electron chi connectivity index (χ0n) is 15.8. The maximum absolute atomic E-state index is 13.1. The third kappa shape index (κ3) is 3.65. The standard InChI is InChI=1S/C23H17FN2O3/c1-14-21(23(28)26(25-14)19-9-7-18(24)8-10-19)13-20-11-12-22(29-20)17-5-3-16(4-6-17)15(2)27/h3-13H,1-2H3/b21-13+. The van der Waals surface area contributed by atoms with Gasteiger partial charge in [-0.3, -0.25) is 9.59 Å². The zero-order chi connectivity index (χ0) is 20.5. The highest BCUT2D eigenvalue weighted by Crippen LogP contribution is 2.28. The van der Waals surface area contributed by atoms with Crippen LogP contribution in [0.2, 0.25) is 0 Å². The summed E-state index contributed by atoms with van der Waals surface area (Å²) >= 11 is 0. The number of furan rings is 1. The number of anilines is 1. The van der Waals surface area contributed by atoms with Gasteiger partial charge in [-0.2, -0.15) is 10.1 Å². The van der Waals surface area contributed by atoms with Gasteiger partial charge in [0.05, 0.1) is 17.0 Å². The zero-order valence-corrected chi connectivity index (χ0v) is 15.8. The van der Waals surface area contributed by atoms with Crippen LogP contribution in [0.25, 0.3) is 17.4 Å². The maximum Gasteiger partial charge on any atom is 0.280 e. The molecule has 0 fully saturated rings. The summed E-state index contributed by atoms with van der Waals surface area (Å²) in [7, 11) is 0. The number of halogens is 1. The average molecular weight is 388 g/mol. The Kier molecular flexibility index (Phi) is 4.68. The number of Topliss-reactive ketones (excluding diaryl/α,β-unsaturated/α-hetero) is 1. The molecule has 0 atom stereocenters. The summed E-state index contributed by atoms with van der Waals surface area (Å²) in [5.74, 6) is 0.452. The van der Waals surface area contributed by atoms with E-state index in [2.05, 4.69) is 5.10 Å². The molecule has 0 unspecified atom stereocenters. The predicted octanol–water partition coefficient (Wildman–Crippen LogP) is 5.09. The molecule has 0 spiro atoms. The van der Waals surface area contributed by atoms with Gasteiger partial charge < -0.3 is 4.42 Å². The van der Waals surface area contributed by atoms with Gasteiger partial charge in [-0.15, -0.1) is 0 Å². The van der Waals surface area contributed by atoms with Crippen molar-refractivity contribution >= 4 is 29.2 Å². The quantitative estimate of drug-likeness (QED) is 0.462. The molecular weight excluding hydrogens is 371 g/mol. The number of ketones is 1. The van der Waals surface area contributed by atoms with Crippen molar-refractivity contribution in [3.63, 3.8) is 0 Å². The van der Waals surface area contributed by atoms with Crippen molar-refractivity contribution < 1.29 is 18.4 Å². The van der Waals surface area contributed by atoms with Crippen LogP contribution in [0, 0.1) is 5.82 Å². The molecule has 0 radical (unpaired) electrons. The van der Waals surface area contributed by atoms with Crippen molar-refractivity contribution in [1.82, 2.24) is 0 Å². The van der Waals surface area contributed by atoms with E-state index in [1.165, 1.54) is 36.2 Å². The first-order valence-corrected chi connectivity index (χ1v) is 9.01. The van der Waals surface area contributed by atoms with E-state index in [9.17, 15) is 14.0 Å². The molecule has 5 nitrogen and oxygen atoms in total. The number of carbonyl (C=O) groups is 2. The highest BCUT2D eigenvalue weighted by atomic mass is 19.1. The van der Waals surface area contributed by atoms with E-state index < -0.39 is 0 Å². The van der Waals surface area contributed by atoms with Gasteiger partial charge in [0, 0.05) is 11.1 Å². The van der Waals surface area contributed by atoms with E-state index in [1.807, 2.05) is 12.1 Å². The number of benzene rings is 2. The molecule has 1 aromatic heterocycles. The first kappa shape index (κ1) is 18.6. The van der Waals surface area contributed by atoms with Gasteiger partial charge in [-0.25, -0.2) is 4.39 Å². The minimum absolute atomic E-state index is 0.00151. The first-order valence-electron chi connectivity index (χ1n) is 9.01. The largest absolute Gasteiger partial charge is 0.457 e. The normalized spacial score (nSPS) is 15.1. The summed E-state index contributed by atoms with van der Waals surface area (Å²) in [6.45, 7) is 3.25. The van der Waals surface area contributed by atoms with Gasteiger partial charge in [-0.1, -0.05) is 24.3 Å². The fourth-order valence-corrected chi connectivity index (χ4v) is 3.04. The van der Waals surface area contributed by atoms with Gasteiger partial charge in [0.25, 0.3) is 5.91 Å². The number of amides is 1. The van der Waals surface area contributed by atoms with Gasteiger partial charge in [0.15, 0.2) is 5.78 Å². The molecule has 0 saturated heterocycles. The van der Waals surface area contributed by atoms with E-state index in [0.717, 1.165) is 5.56 Å². The summed E-state index contributed by atoms with van der Waals surface area (Å²) < 4.78 is 19.0. The fourth-order valence-electron chi connectivity index (χ4n) is 3.04. The molecule has 0 bridgehead atoms. The Morgan fingerprint density at radius 1 is 1.03 bits per heavy atom. The summed E-state index contributed by atoms with van der Waals surface area (Å²) in [6, 6.07) is 16.3. The summed E-state index contributed by atoms with van der Waals surface area (Å²) in [4.78, 5) is 24.2. The second-order valence-corrected chi connectivity index (χ2v) is 6.67. The molecule has 3 aromatic rings. The monoisotopic (exact) mass is 388 g/mol. The van der Waals surface area contributed by atoms with Crippen LogP contribution in [0.15, 0.2) is 75.8 Å². The Morgan fingerprint density at radius 3 is 2.38 bits per heavy atom. The van der Waals surface area contributed by atoms with E-state index in [-0.39, 0.29) is 17.5 Å². The van der Waals surface area contributed by atoms with Crippen LogP contribution in [0.3, 0.4) is 0 Å². The van der Waals surface area contributed by atoms with Crippen molar-refractivity contribution in [2.75, 3.05) is 5.01 Å². The molecule has 29 heavy (non-hydrogen) atoms. The van der Waals surface area contributed by atoms with E-state index in [1.54, 1.807) is 37.3 Å². The first-order chi connectivity index (χ1) is 13.9. The molecule has 1 aliphatic heterocycles. The van der Waals surface area contributed by atoms with Crippen LogP contribution in [0.5, 0.6) is 0 Å². The molecule has 2 aromatic carbocycles. The number of hydrazone groups is 1. The number of rotatable bonds is 4. The van der Waals surface area contributed by atoms with Crippen LogP contribution >= 0.6 is 0 Å². The minimum atomic E-state index is -0.378. The Bertz CT molecular complexity index is 1160. The summed E-state index contributed by atoms with van der Waals surface area (Å²) in [5.41, 5.74) is 2.90. The van der Waals surface area contributed by atoms with Gasteiger partial charge >= 0.3 is 0 Å². The fraction of sp³-hybridized carbons (Fsp3) is 0.0870. The van der Waals surface area contributed by atoms with Crippen LogP contribution in [0.4, 0.5) is 10.1 Å². The Labute approximate surface area is 166 Å². The second-order valence-electron chi connectivity index (χ2n) is 6.67. The number of carbonyl (C=O) groups excluding carboxylic acids is 2. The second kappa shape index (κ2) is 7.31. The lowest BCUT2D eigenvalue weighted by molar-refractivity contribution is -0.114. The molecule has 1 amide bonds. The lowest BCUT2D eigenvalue weighted by Gasteiger charge is -2.11. The van der Waals surface area contributed by atoms with Gasteiger partial charge in [0.2, 0.25) is 0 Å². The molecular formula is C23H17FN2O3. The Balaban J connectivity index is 1.58. The van der Waals surface area contributed by atoms with E-state index in [0.29, 0.717) is 34.1 Å². The molecule has 1 aliphatic rings.